The molecule has 15 heavy (non-hydrogen) atoms. The Morgan fingerprint density at radius 2 is 2.00 bits per heavy atom. The van der Waals surface area contributed by atoms with E-state index in [2.05, 4.69) is 0 Å². The molecule has 0 aliphatic rings. The fourth-order valence-corrected chi connectivity index (χ4v) is 1.63. The van der Waals surface area contributed by atoms with Crippen molar-refractivity contribution in [3.05, 3.63) is 34.6 Å². The Hall–Kier alpha value is -0.960. The van der Waals surface area contributed by atoms with E-state index in [1.54, 1.807) is 6.92 Å². The monoisotopic (exact) mass is 213 g/mol. The van der Waals surface area contributed by atoms with E-state index >= 15 is 0 Å². The number of hydrogen-bond donors (Lipinski definition) is 1. The zero-order valence-electron chi connectivity index (χ0n) is 9.02. The summed E-state index contributed by atoms with van der Waals surface area (Å²) in [6.45, 7) is 1.66. The summed E-state index contributed by atoms with van der Waals surface area (Å²) in [7, 11) is 0. The molecule has 0 spiro atoms. The van der Waals surface area contributed by atoms with Gasteiger partial charge in [0.05, 0.1) is 0 Å². The van der Waals surface area contributed by atoms with E-state index in [1.807, 2.05) is 6.07 Å². The van der Waals surface area contributed by atoms with Crippen molar-refractivity contribution in [3.63, 3.8) is 0 Å². The van der Waals surface area contributed by atoms with Crippen molar-refractivity contribution in [2.75, 3.05) is 6.54 Å². The molecular formula is C12H17F2N. The quantitative estimate of drug-likeness (QED) is 0.748. The summed E-state index contributed by atoms with van der Waals surface area (Å²) in [5.41, 5.74) is 7.17. The van der Waals surface area contributed by atoms with Crippen LogP contribution in [0.25, 0.3) is 0 Å². The molecule has 0 saturated carbocycles. The maximum atomic E-state index is 13.4. The highest BCUT2D eigenvalue weighted by Gasteiger charge is 2.07. The molecule has 0 atom stereocenters. The highest BCUT2D eigenvalue weighted by atomic mass is 19.1. The number of nitrogens with two attached hydrogens (primary N) is 1. The Kier molecular flexibility index (Phi) is 4.69. The second-order valence-electron chi connectivity index (χ2n) is 3.75. The van der Waals surface area contributed by atoms with Crippen molar-refractivity contribution < 1.29 is 8.78 Å². The zero-order chi connectivity index (χ0) is 11.3. The third-order valence-electron chi connectivity index (χ3n) is 2.53. The minimum atomic E-state index is -0.735. The average molecular weight is 213 g/mol. The van der Waals surface area contributed by atoms with Gasteiger partial charge in [-0.05, 0) is 49.9 Å². The molecule has 1 aromatic carbocycles. The first-order valence-electron chi connectivity index (χ1n) is 5.23. The van der Waals surface area contributed by atoms with Crippen LogP contribution in [0.3, 0.4) is 0 Å². The molecule has 1 nitrogen and oxygen atoms in total. The lowest BCUT2D eigenvalue weighted by molar-refractivity contribution is 0.461. The van der Waals surface area contributed by atoms with Crippen LogP contribution in [0.1, 0.15) is 29.5 Å². The third kappa shape index (κ3) is 3.27. The summed E-state index contributed by atoms with van der Waals surface area (Å²) < 4.78 is 25.8. The minimum absolute atomic E-state index is 0.178. The summed E-state index contributed by atoms with van der Waals surface area (Å²) in [4.78, 5) is 0. The molecular weight excluding hydrogens is 196 g/mol. The summed E-state index contributed by atoms with van der Waals surface area (Å²) >= 11 is 0. The molecule has 1 aromatic rings. The van der Waals surface area contributed by atoms with Crippen LogP contribution in [-0.4, -0.2) is 6.54 Å². The zero-order valence-corrected chi connectivity index (χ0v) is 9.02. The first-order valence-corrected chi connectivity index (χ1v) is 5.23. The molecule has 0 aliphatic heterocycles. The van der Waals surface area contributed by atoms with Gasteiger partial charge in [-0.25, -0.2) is 8.78 Å². The Balaban J connectivity index is 2.75. The lowest BCUT2D eigenvalue weighted by Crippen LogP contribution is -2.00. The summed E-state index contributed by atoms with van der Waals surface area (Å²) in [6.07, 6.45) is 2.69. The maximum absolute atomic E-state index is 13.4. The number of rotatable bonds is 5. The maximum Gasteiger partial charge on any atom is 0.129 e. The van der Waals surface area contributed by atoms with Crippen LogP contribution >= 0.6 is 0 Å². The van der Waals surface area contributed by atoms with Crippen molar-refractivity contribution >= 4 is 0 Å². The Morgan fingerprint density at radius 1 is 1.27 bits per heavy atom. The minimum Gasteiger partial charge on any atom is -0.330 e. The van der Waals surface area contributed by atoms with Gasteiger partial charge in [-0.3, -0.25) is 0 Å². The fraction of sp³-hybridized carbons (Fsp3) is 0.500. The van der Waals surface area contributed by atoms with E-state index in [4.69, 9.17) is 5.73 Å². The normalized spacial score (nSPS) is 10.7. The number of halogens is 2. The second kappa shape index (κ2) is 5.81. The first kappa shape index (κ1) is 12.1. The topological polar surface area (TPSA) is 26.0 Å². The van der Waals surface area contributed by atoms with Gasteiger partial charge >= 0.3 is 0 Å². The van der Waals surface area contributed by atoms with Gasteiger partial charge in [0.25, 0.3) is 0 Å². The van der Waals surface area contributed by atoms with Gasteiger partial charge in [-0.1, -0.05) is 6.07 Å². The van der Waals surface area contributed by atoms with Crippen LogP contribution in [0.15, 0.2) is 12.1 Å². The van der Waals surface area contributed by atoms with E-state index in [9.17, 15) is 8.78 Å². The van der Waals surface area contributed by atoms with E-state index in [0.717, 1.165) is 24.8 Å². The average Bonchev–Trinajstić information content (AvgIpc) is 2.18. The standard InChI is InChI=1S/C12H17F2N/c1-9-6-10(4-2-3-5-15)7-12(14)11(9)8-13/h6-7H,2-5,8,15H2,1H3. The van der Waals surface area contributed by atoms with Crippen LogP contribution in [0.5, 0.6) is 0 Å². The SMILES string of the molecule is Cc1cc(CCCCN)cc(F)c1CF. The summed E-state index contributed by atoms with van der Waals surface area (Å²) in [5, 5.41) is 0. The van der Waals surface area contributed by atoms with Crippen molar-refractivity contribution in [3.8, 4) is 0 Å². The molecule has 0 radical (unpaired) electrons. The number of benzene rings is 1. The van der Waals surface area contributed by atoms with E-state index in [0.29, 0.717) is 12.1 Å². The highest BCUT2D eigenvalue weighted by Crippen LogP contribution is 2.18. The van der Waals surface area contributed by atoms with Crippen LogP contribution in [-0.2, 0) is 13.1 Å². The van der Waals surface area contributed by atoms with Crippen molar-refractivity contribution in [1.29, 1.82) is 0 Å². The smallest absolute Gasteiger partial charge is 0.129 e. The van der Waals surface area contributed by atoms with Gasteiger partial charge in [-0.2, -0.15) is 0 Å². The van der Waals surface area contributed by atoms with Crippen molar-refractivity contribution in [2.24, 2.45) is 5.73 Å². The summed E-state index contributed by atoms with van der Waals surface area (Å²) in [6, 6.07) is 3.28. The molecule has 0 heterocycles. The van der Waals surface area contributed by atoms with Gasteiger partial charge in [0.15, 0.2) is 0 Å². The number of alkyl halides is 1. The highest BCUT2D eigenvalue weighted by molar-refractivity contribution is 5.32. The molecule has 2 N–H and O–H groups in total. The number of unbranched alkanes of at least 4 members (excludes halogenated alkanes) is 1. The van der Waals surface area contributed by atoms with E-state index < -0.39 is 12.5 Å². The van der Waals surface area contributed by atoms with Crippen LogP contribution in [0.4, 0.5) is 8.78 Å². The van der Waals surface area contributed by atoms with E-state index in [1.165, 1.54) is 6.07 Å². The lowest BCUT2D eigenvalue weighted by Gasteiger charge is -2.07. The Morgan fingerprint density at radius 3 is 2.53 bits per heavy atom. The second-order valence-corrected chi connectivity index (χ2v) is 3.75. The molecule has 0 aromatic heterocycles. The molecule has 1 rings (SSSR count). The predicted molar refractivity (Wildman–Crippen MR) is 57.9 cm³/mol. The van der Waals surface area contributed by atoms with Gasteiger partial charge in [0.1, 0.15) is 12.5 Å². The molecule has 0 fully saturated rings. The number of hydrogen-bond acceptors (Lipinski definition) is 1. The molecule has 0 aliphatic carbocycles. The third-order valence-corrected chi connectivity index (χ3v) is 2.53. The molecule has 0 bridgehead atoms. The fourth-order valence-electron chi connectivity index (χ4n) is 1.63. The molecule has 84 valence electrons. The predicted octanol–water partition coefficient (Wildman–Crippen LogP) is 2.89. The molecule has 0 amide bonds. The molecule has 0 unspecified atom stereocenters. The first-order chi connectivity index (χ1) is 7.19. The molecule has 0 saturated heterocycles. The summed E-state index contributed by atoms with van der Waals surface area (Å²) in [5.74, 6) is -0.430. The van der Waals surface area contributed by atoms with Gasteiger partial charge in [-0.15, -0.1) is 0 Å². The van der Waals surface area contributed by atoms with Crippen molar-refractivity contribution in [2.45, 2.75) is 32.9 Å². The van der Waals surface area contributed by atoms with Crippen LogP contribution in [0, 0.1) is 12.7 Å². The van der Waals surface area contributed by atoms with Gasteiger partial charge in [0, 0.05) is 5.56 Å². The van der Waals surface area contributed by atoms with Gasteiger partial charge in [0.2, 0.25) is 0 Å². The number of aryl methyl sites for hydroxylation is 2. The Bertz CT molecular complexity index is 300. The van der Waals surface area contributed by atoms with E-state index in [-0.39, 0.29) is 5.56 Å². The lowest BCUT2D eigenvalue weighted by atomic mass is 10.0. The van der Waals surface area contributed by atoms with Crippen molar-refractivity contribution in [1.82, 2.24) is 0 Å². The van der Waals surface area contributed by atoms with Gasteiger partial charge < -0.3 is 5.73 Å². The Labute approximate surface area is 89.3 Å². The molecule has 3 heteroatoms. The van der Waals surface area contributed by atoms with Crippen LogP contribution < -0.4 is 5.73 Å². The largest absolute Gasteiger partial charge is 0.330 e. The van der Waals surface area contributed by atoms with Crippen LogP contribution in [0.2, 0.25) is 0 Å².